The van der Waals surface area contributed by atoms with Gasteiger partial charge in [0.25, 0.3) is 0 Å². The molecular weight excluding hydrogens is 316 g/mol. The molecule has 0 atom stereocenters. The normalized spacial score (nSPS) is 9.78. The van der Waals surface area contributed by atoms with Gasteiger partial charge in [0.05, 0.1) is 12.7 Å². The molecule has 0 bridgehead atoms. The Hall–Kier alpha value is -2.64. The van der Waals surface area contributed by atoms with Crippen molar-refractivity contribution in [2.45, 2.75) is 6.61 Å². The number of esters is 1. The Balaban J connectivity index is 2.12. The summed E-state index contributed by atoms with van der Waals surface area (Å²) >= 11 is 6.09. The van der Waals surface area contributed by atoms with Gasteiger partial charge in [-0.2, -0.15) is 0 Å². The predicted molar refractivity (Wildman–Crippen MR) is 87.9 cm³/mol. The maximum Gasteiger partial charge on any atom is 0.339 e. The molecule has 0 heterocycles. The lowest BCUT2D eigenvalue weighted by Crippen LogP contribution is -2.06. The number of hydrogen-bond donors (Lipinski definition) is 0. The number of hydrogen-bond acceptors (Lipinski definition) is 4. The Kier molecular flexibility index (Phi) is 5.90. The third-order valence-electron chi connectivity index (χ3n) is 3.03. The van der Waals surface area contributed by atoms with Gasteiger partial charge in [-0.05, 0) is 24.3 Å². The van der Waals surface area contributed by atoms with Crippen molar-refractivity contribution in [2.75, 3.05) is 13.7 Å². The van der Waals surface area contributed by atoms with Gasteiger partial charge < -0.3 is 14.2 Å². The van der Waals surface area contributed by atoms with Crippen molar-refractivity contribution in [1.29, 1.82) is 0 Å². The summed E-state index contributed by atoms with van der Waals surface area (Å²) in [6.07, 6.45) is 5.06. The van der Waals surface area contributed by atoms with Crippen LogP contribution >= 0.6 is 11.6 Å². The number of halogens is 1. The second-order valence-corrected chi connectivity index (χ2v) is 4.93. The zero-order valence-corrected chi connectivity index (χ0v) is 13.3. The highest BCUT2D eigenvalue weighted by Gasteiger charge is 2.12. The topological polar surface area (TPSA) is 44.8 Å². The van der Waals surface area contributed by atoms with E-state index in [1.807, 2.05) is 18.2 Å². The summed E-state index contributed by atoms with van der Waals surface area (Å²) in [7, 11) is 1.49. The first-order chi connectivity index (χ1) is 11.2. The van der Waals surface area contributed by atoms with Gasteiger partial charge in [0.2, 0.25) is 0 Å². The van der Waals surface area contributed by atoms with E-state index in [0.717, 1.165) is 5.56 Å². The average Bonchev–Trinajstić information content (AvgIpc) is 2.58. The molecule has 0 N–H and O–H groups in total. The molecule has 0 saturated carbocycles. The zero-order chi connectivity index (χ0) is 16.7. The van der Waals surface area contributed by atoms with E-state index < -0.39 is 5.97 Å². The van der Waals surface area contributed by atoms with Crippen LogP contribution in [0.25, 0.3) is 0 Å². The van der Waals surface area contributed by atoms with Crippen molar-refractivity contribution < 1.29 is 19.0 Å². The van der Waals surface area contributed by atoms with E-state index >= 15 is 0 Å². The molecule has 118 valence electrons. The molecule has 2 rings (SSSR count). The highest BCUT2D eigenvalue weighted by atomic mass is 35.5. The SMILES string of the molecule is C#CCOC(=O)c1ccc(OCc2ccccc2Cl)c(OC)c1. The maximum absolute atomic E-state index is 11.8. The molecule has 4 nitrogen and oxygen atoms in total. The molecule has 0 unspecified atom stereocenters. The lowest BCUT2D eigenvalue weighted by atomic mass is 10.2. The number of terminal acetylenes is 1. The third-order valence-corrected chi connectivity index (χ3v) is 3.40. The van der Waals surface area contributed by atoms with Crippen LogP contribution in [0.15, 0.2) is 42.5 Å². The lowest BCUT2D eigenvalue weighted by Gasteiger charge is -2.12. The van der Waals surface area contributed by atoms with Gasteiger partial charge in [0.1, 0.15) is 6.61 Å². The molecule has 0 aliphatic heterocycles. The minimum atomic E-state index is -0.515. The minimum absolute atomic E-state index is 0.0775. The van der Waals surface area contributed by atoms with Gasteiger partial charge in [-0.3, -0.25) is 0 Å². The highest BCUT2D eigenvalue weighted by Crippen LogP contribution is 2.29. The van der Waals surface area contributed by atoms with E-state index in [4.69, 9.17) is 32.2 Å². The molecule has 5 heteroatoms. The van der Waals surface area contributed by atoms with E-state index in [1.54, 1.807) is 24.3 Å². The second-order valence-electron chi connectivity index (χ2n) is 4.53. The fourth-order valence-corrected chi connectivity index (χ4v) is 2.07. The van der Waals surface area contributed by atoms with Crippen molar-refractivity contribution in [3.8, 4) is 23.8 Å². The molecule has 0 spiro atoms. The molecule has 0 radical (unpaired) electrons. The van der Waals surface area contributed by atoms with Crippen LogP contribution in [0.2, 0.25) is 5.02 Å². The molecule has 0 aliphatic rings. The van der Waals surface area contributed by atoms with Gasteiger partial charge in [-0.15, -0.1) is 6.42 Å². The number of rotatable bonds is 6. The Bertz CT molecular complexity index is 734. The van der Waals surface area contributed by atoms with Crippen molar-refractivity contribution >= 4 is 17.6 Å². The van der Waals surface area contributed by atoms with Gasteiger partial charge in [0.15, 0.2) is 18.1 Å². The van der Waals surface area contributed by atoms with Gasteiger partial charge in [-0.25, -0.2) is 4.79 Å². The summed E-state index contributed by atoms with van der Waals surface area (Å²) < 4.78 is 15.8. The van der Waals surface area contributed by atoms with E-state index in [-0.39, 0.29) is 13.2 Å². The van der Waals surface area contributed by atoms with Crippen LogP contribution in [0.5, 0.6) is 11.5 Å². The summed E-state index contributed by atoms with van der Waals surface area (Å²) in [5.74, 6) is 2.65. The van der Waals surface area contributed by atoms with E-state index in [2.05, 4.69) is 5.92 Å². The molecule has 0 fully saturated rings. The Morgan fingerprint density at radius 3 is 2.70 bits per heavy atom. The first-order valence-corrected chi connectivity index (χ1v) is 7.18. The lowest BCUT2D eigenvalue weighted by molar-refractivity contribution is 0.0556. The van der Waals surface area contributed by atoms with E-state index in [1.165, 1.54) is 7.11 Å². The molecule has 23 heavy (non-hydrogen) atoms. The average molecular weight is 331 g/mol. The first kappa shape index (κ1) is 16.7. The Labute approximate surface area is 139 Å². The van der Waals surface area contributed by atoms with Gasteiger partial charge >= 0.3 is 5.97 Å². The molecule has 0 aliphatic carbocycles. The molecule has 2 aromatic rings. The van der Waals surface area contributed by atoms with Crippen LogP contribution in [-0.2, 0) is 11.3 Å². The summed E-state index contributed by atoms with van der Waals surface area (Å²) in [6, 6.07) is 12.2. The quantitative estimate of drug-likeness (QED) is 0.598. The van der Waals surface area contributed by atoms with Crippen LogP contribution in [0, 0.1) is 12.3 Å². The summed E-state index contributed by atoms with van der Waals surface area (Å²) in [5.41, 5.74) is 1.19. The molecule has 0 saturated heterocycles. The van der Waals surface area contributed by atoms with Crippen molar-refractivity contribution in [3.05, 3.63) is 58.6 Å². The largest absolute Gasteiger partial charge is 0.493 e. The highest BCUT2D eigenvalue weighted by molar-refractivity contribution is 6.31. The van der Waals surface area contributed by atoms with Crippen LogP contribution in [0.4, 0.5) is 0 Å². The zero-order valence-electron chi connectivity index (χ0n) is 12.5. The van der Waals surface area contributed by atoms with Crippen molar-refractivity contribution in [1.82, 2.24) is 0 Å². The van der Waals surface area contributed by atoms with Crippen molar-refractivity contribution in [3.63, 3.8) is 0 Å². The van der Waals surface area contributed by atoms with Gasteiger partial charge in [-0.1, -0.05) is 35.7 Å². The van der Waals surface area contributed by atoms with E-state index in [9.17, 15) is 4.79 Å². The summed E-state index contributed by atoms with van der Waals surface area (Å²) in [6.45, 7) is 0.211. The van der Waals surface area contributed by atoms with Crippen LogP contribution < -0.4 is 9.47 Å². The number of ether oxygens (including phenoxy) is 3. The fraction of sp³-hybridized carbons (Fsp3) is 0.167. The van der Waals surface area contributed by atoms with Crippen LogP contribution in [-0.4, -0.2) is 19.7 Å². The van der Waals surface area contributed by atoms with Crippen molar-refractivity contribution in [2.24, 2.45) is 0 Å². The summed E-state index contributed by atoms with van der Waals surface area (Å²) in [5, 5.41) is 0.626. The predicted octanol–water partition coefficient (Wildman–Crippen LogP) is 3.72. The number of carbonyl (C=O) groups is 1. The van der Waals surface area contributed by atoms with E-state index in [0.29, 0.717) is 22.1 Å². The Morgan fingerprint density at radius 1 is 1.22 bits per heavy atom. The maximum atomic E-state index is 11.8. The molecule has 0 aromatic heterocycles. The Morgan fingerprint density at radius 2 is 2.00 bits per heavy atom. The molecular formula is C18H15ClO4. The van der Waals surface area contributed by atoms with Crippen LogP contribution in [0.1, 0.15) is 15.9 Å². The third kappa shape index (κ3) is 4.41. The standard InChI is InChI=1S/C18H15ClO4/c1-3-10-22-18(20)13-8-9-16(17(11-13)21-2)23-12-14-6-4-5-7-15(14)19/h1,4-9,11H,10,12H2,2H3. The first-order valence-electron chi connectivity index (χ1n) is 6.80. The summed E-state index contributed by atoms with van der Waals surface area (Å²) in [4.78, 5) is 11.8. The molecule has 2 aromatic carbocycles. The monoisotopic (exact) mass is 330 g/mol. The number of carbonyl (C=O) groups excluding carboxylic acids is 1. The minimum Gasteiger partial charge on any atom is -0.493 e. The van der Waals surface area contributed by atoms with Crippen LogP contribution in [0.3, 0.4) is 0 Å². The smallest absolute Gasteiger partial charge is 0.339 e. The fourth-order valence-electron chi connectivity index (χ4n) is 1.88. The number of methoxy groups -OCH3 is 1. The second kappa shape index (κ2) is 8.11. The molecule has 0 amide bonds. The number of benzene rings is 2. The van der Waals surface area contributed by atoms with Gasteiger partial charge in [0, 0.05) is 10.6 Å².